The Balaban J connectivity index is 2.94. The van der Waals surface area contributed by atoms with Crippen LogP contribution in [-0.4, -0.2) is 19.3 Å². The zero-order valence-corrected chi connectivity index (χ0v) is 11.3. The Labute approximate surface area is 109 Å². The summed E-state index contributed by atoms with van der Waals surface area (Å²) in [5.74, 6) is 7.54. The van der Waals surface area contributed by atoms with Gasteiger partial charge in [0, 0.05) is 5.56 Å². The largest absolute Gasteiger partial charge is 0.490 e. The lowest BCUT2D eigenvalue weighted by Crippen LogP contribution is -2.15. The van der Waals surface area contributed by atoms with Crippen LogP contribution >= 0.6 is 0 Å². The average Bonchev–Trinajstić information content (AvgIpc) is 2.39. The van der Waals surface area contributed by atoms with Crippen molar-refractivity contribution in [1.82, 2.24) is 0 Å². The van der Waals surface area contributed by atoms with Gasteiger partial charge in [0.2, 0.25) is 0 Å². The second-order valence-corrected chi connectivity index (χ2v) is 3.81. The molecule has 1 aromatic rings. The van der Waals surface area contributed by atoms with E-state index in [0.29, 0.717) is 13.2 Å². The topological polar surface area (TPSA) is 44.5 Å². The van der Waals surface area contributed by atoms with Crippen molar-refractivity contribution in [2.24, 2.45) is 5.73 Å². The van der Waals surface area contributed by atoms with Gasteiger partial charge in [0.15, 0.2) is 11.5 Å². The zero-order chi connectivity index (χ0) is 13.4. The molecule has 3 heteroatoms. The quantitative estimate of drug-likeness (QED) is 0.813. The number of hydrogen-bond donors (Lipinski definition) is 1. The fourth-order valence-corrected chi connectivity index (χ4v) is 1.41. The van der Waals surface area contributed by atoms with Gasteiger partial charge < -0.3 is 15.2 Å². The summed E-state index contributed by atoms with van der Waals surface area (Å²) < 4.78 is 11.0. The maximum atomic E-state index is 5.77. The summed E-state index contributed by atoms with van der Waals surface area (Å²) in [5.41, 5.74) is 6.66. The van der Waals surface area contributed by atoms with E-state index in [1.807, 2.05) is 39.0 Å². The summed E-state index contributed by atoms with van der Waals surface area (Å²) in [6.45, 7) is 7.13. The molecule has 0 aliphatic carbocycles. The molecule has 1 aromatic carbocycles. The molecule has 0 aromatic heterocycles. The summed E-state index contributed by atoms with van der Waals surface area (Å²) in [6, 6.07) is 5.62. The number of ether oxygens (including phenoxy) is 2. The van der Waals surface area contributed by atoms with Gasteiger partial charge in [-0.15, -0.1) is 0 Å². The Bertz CT molecular complexity index is 432. The molecule has 0 spiro atoms. The van der Waals surface area contributed by atoms with E-state index >= 15 is 0 Å². The van der Waals surface area contributed by atoms with Crippen LogP contribution in [0.2, 0.25) is 0 Å². The standard InChI is InChI=1S/C15H21NO2/c1-4-13(16)9-7-12-8-10-14(17-5-2)15(11-12)18-6-3/h8,10-11,13H,4-6,16H2,1-3H3. The minimum atomic E-state index is -0.0767. The second kappa shape index (κ2) is 7.62. The fraction of sp³-hybridized carbons (Fsp3) is 0.467. The van der Waals surface area contributed by atoms with E-state index in [0.717, 1.165) is 23.5 Å². The highest BCUT2D eigenvalue weighted by Gasteiger charge is 2.04. The van der Waals surface area contributed by atoms with Crippen molar-refractivity contribution in [3.8, 4) is 23.3 Å². The maximum Gasteiger partial charge on any atom is 0.162 e. The molecule has 0 aliphatic rings. The third-order valence-corrected chi connectivity index (χ3v) is 2.39. The van der Waals surface area contributed by atoms with E-state index < -0.39 is 0 Å². The first kappa shape index (κ1) is 14.4. The Morgan fingerprint density at radius 1 is 1.11 bits per heavy atom. The Kier molecular flexibility index (Phi) is 6.10. The van der Waals surface area contributed by atoms with Crippen molar-refractivity contribution in [2.45, 2.75) is 33.2 Å². The summed E-state index contributed by atoms with van der Waals surface area (Å²) in [5, 5.41) is 0. The van der Waals surface area contributed by atoms with Crippen LogP contribution in [0.5, 0.6) is 11.5 Å². The first-order chi connectivity index (χ1) is 8.71. The van der Waals surface area contributed by atoms with Crippen molar-refractivity contribution in [2.75, 3.05) is 13.2 Å². The van der Waals surface area contributed by atoms with Crippen molar-refractivity contribution in [3.05, 3.63) is 23.8 Å². The van der Waals surface area contributed by atoms with Gasteiger partial charge in [-0.2, -0.15) is 0 Å². The van der Waals surface area contributed by atoms with Gasteiger partial charge >= 0.3 is 0 Å². The number of hydrogen-bond acceptors (Lipinski definition) is 3. The number of benzene rings is 1. The Morgan fingerprint density at radius 3 is 2.39 bits per heavy atom. The second-order valence-electron chi connectivity index (χ2n) is 3.81. The van der Waals surface area contributed by atoms with Gasteiger partial charge in [-0.25, -0.2) is 0 Å². The zero-order valence-electron chi connectivity index (χ0n) is 11.3. The third kappa shape index (κ3) is 4.31. The molecular weight excluding hydrogens is 226 g/mol. The van der Waals surface area contributed by atoms with Crippen LogP contribution in [0.3, 0.4) is 0 Å². The molecule has 1 atom stereocenters. The average molecular weight is 247 g/mol. The van der Waals surface area contributed by atoms with Gasteiger partial charge in [0.25, 0.3) is 0 Å². The van der Waals surface area contributed by atoms with Crippen LogP contribution in [0, 0.1) is 11.8 Å². The highest BCUT2D eigenvalue weighted by atomic mass is 16.5. The molecule has 98 valence electrons. The molecular formula is C15H21NO2. The van der Waals surface area contributed by atoms with Crippen LogP contribution in [0.4, 0.5) is 0 Å². The van der Waals surface area contributed by atoms with E-state index in [9.17, 15) is 0 Å². The number of rotatable bonds is 5. The SMILES string of the molecule is CCOc1ccc(C#CC(N)CC)cc1OCC. The van der Waals surface area contributed by atoms with Crippen LogP contribution in [0.1, 0.15) is 32.8 Å². The fourth-order valence-electron chi connectivity index (χ4n) is 1.41. The first-order valence-electron chi connectivity index (χ1n) is 6.38. The molecule has 0 aliphatic heterocycles. The normalized spacial score (nSPS) is 11.3. The lowest BCUT2D eigenvalue weighted by Gasteiger charge is -2.10. The lowest BCUT2D eigenvalue weighted by atomic mass is 10.1. The van der Waals surface area contributed by atoms with Gasteiger partial charge in [0.1, 0.15) is 0 Å². The molecule has 2 N–H and O–H groups in total. The van der Waals surface area contributed by atoms with Crippen LogP contribution < -0.4 is 15.2 Å². The molecule has 0 saturated carbocycles. The predicted molar refractivity (Wildman–Crippen MR) is 73.9 cm³/mol. The molecule has 3 nitrogen and oxygen atoms in total. The van der Waals surface area contributed by atoms with Crippen LogP contribution in [-0.2, 0) is 0 Å². The van der Waals surface area contributed by atoms with E-state index in [-0.39, 0.29) is 6.04 Å². The minimum absolute atomic E-state index is 0.0767. The summed E-state index contributed by atoms with van der Waals surface area (Å²) in [4.78, 5) is 0. The van der Waals surface area contributed by atoms with Gasteiger partial charge in [-0.1, -0.05) is 18.8 Å². The molecule has 0 heterocycles. The maximum absolute atomic E-state index is 5.77. The molecule has 0 amide bonds. The molecule has 0 bridgehead atoms. The summed E-state index contributed by atoms with van der Waals surface area (Å²) in [6.07, 6.45) is 0.850. The lowest BCUT2D eigenvalue weighted by molar-refractivity contribution is 0.287. The van der Waals surface area contributed by atoms with E-state index in [2.05, 4.69) is 11.8 Å². The van der Waals surface area contributed by atoms with Crippen molar-refractivity contribution >= 4 is 0 Å². The number of nitrogens with two attached hydrogens (primary N) is 1. The highest BCUT2D eigenvalue weighted by Crippen LogP contribution is 2.28. The third-order valence-electron chi connectivity index (χ3n) is 2.39. The van der Waals surface area contributed by atoms with E-state index in [1.165, 1.54) is 0 Å². The van der Waals surface area contributed by atoms with E-state index in [4.69, 9.17) is 15.2 Å². The summed E-state index contributed by atoms with van der Waals surface area (Å²) in [7, 11) is 0. The minimum Gasteiger partial charge on any atom is -0.490 e. The molecule has 1 unspecified atom stereocenters. The van der Waals surface area contributed by atoms with Gasteiger partial charge in [-0.05, 0) is 38.5 Å². The van der Waals surface area contributed by atoms with Crippen LogP contribution in [0.15, 0.2) is 18.2 Å². The molecule has 18 heavy (non-hydrogen) atoms. The summed E-state index contributed by atoms with van der Waals surface area (Å²) >= 11 is 0. The Hall–Kier alpha value is -1.66. The highest BCUT2D eigenvalue weighted by molar-refractivity contribution is 5.48. The molecule has 0 saturated heterocycles. The van der Waals surface area contributed by atoms with E-state index in [1.54, 1.807) is 0 Å². The van der Waals surface area contributed by atoms with Crippen molar-refractivity contribution in [1.29, 1.82) is 0 Å². The van der Waals surface area contributed by atoms with Crippen molar-refractivity contribution in [3.63, 3.8) is 0 Å². The van der Waals surface area contributed by atoms with Crippen LogP contribution in [0.25, 0.3) is 0 Å². The van der Waals surface area contributed by atoms with Gasteiger partial charge in [0.05, 0.1) is 19.3 Å². The molecule has 1 rings (SSSR count). The van der Waals surface area contributed by atoms with Gasteiger partial charge in [-0.3, -0.25) is 0 Å². The molecule has 0 fully saturated rings. The first-order valence-corrected chi connectivity index (χ1v) is 6.38. The predicted octanol–water partition coefficient (Wildman–Crippen LogP) is 2.57. The molecule has 0 radical (unpaired) electrons. The Morgan fingerprint density at radius 2 is 1.78 bits per heavy atom. The van der Waals surface area contributed by atoms with Crippen molar-refractivity contribution < 1.29 is 9.47 Å². The monoisotopic (exact) mass is 247 g/mol. The smallest absolute Gasteiger partial charge is 0.162 e.